The summed E-state index contributed by atoms with van der Waals surface area (Å²) in [5.41, 5.74) is 0.365. The first kappa shape index (κ1) is 23.1. The lowest BCUT2D eigenvalue weighted by molar-refractivity contribution is -0.166. The highest BCUT2D eigenvalue weighted by Crippen LogP contribution is 2.50. The summed E-state index contributed by atoms with van der Waals surface area (Å²) in [7, 11) is 0. The number of hydroxylamine groups is 2. The van der Waals surface area contributed by atoms with E-state index in [0.29, 0.717) is 11.9 Å². The van der Waals surface area contributed by atoms with Gasteiger partial charge in [-0.15, -0.1) is 0 Å². The number of ether oxygens (including phenoxy) is 1. The highest BCUT2D eigenvalue weighted by Gasteiger charge is 2.62. The molecule has 182 valence electrons. The Bertz CT molecular complexity index is 1310. The largest absolute Gasteiger partial charge is 0.443 e. The van der Waals surface area contributed by atoms with Crippen molar-refractivity contribution in [1.82, 2.24) is 14.5 Å². The van der Waals surface area contributed by atoms with Crippen LogP contribution < -0.4 is 0 Å². The Labute approximate surface area is 203 Å². The van der Waals surface area contributed by atoms with Gasteiger partial charge in [-0.05, 0) is 44.4 Å². The first-order valence-electron chi connectivity index (χ1n) is 11.8. The molecule has 3 aromatic rings. The Morgan fingerprint density at radius 3 is 2.49 bits per heavy atom. The van der Waals surface area contributed by atoms with Crippen molar-refractivity contribution in [1.29, 1.82) is 0 Å². The third-order valence-electron chi connectivity index (χ3n) is 6.93. The van der Waals surface area contributed by atoms with Gasteiger partial charge in [-0.2, -0.15) is 0 Å². The quantitative estimate of drug-likeness (QED) is 0.570. The molecule has 0 aliphatic carbocycles. The molecule has 1 N–H and O–H groups in total. The third kappa shape index (κ3) is 3.78. The lowest BCUT2D eigenvalue weighted by Crippen LogP contribution is -2.53. The molecule has 2 aliphatic heterocycles. The minimum absolute atomic E-state index is 0.0275. The number of rotatable bonds is 3. The first-order valence-corrected chi connectivity index (χ1v) is 11.8. The van der Waals surface area contributed by atoms with Gasteiger partial charge < -0.3 is 9.64 Å². The number of hydrogen-bond acceptors (Lipinski definition) is 5. The van der Waals surface area contributed by atoms with Gasteiger partial charge in [-0.25, -0.2) is 9.86 Å². The Morgan fingerprint density at radius 2 is 1.77 bits per heavy atom. The molecule has 0 bridgehead atoms. The van der Waals surface area contributed by atoms with Crippen LogP contribution in [0.25, 0.3) is 10.9 Å². The van der Waals surface area contributed by atoms with Crippen LogP contribution in [-0.4, -0.2) is 55.3 Å². The summed E-state index contributed by atoms with van der Waals surface area (Å²) >= 11 is 0. The summed E-state index contributed by atoms with van der Waals surface area (Å²) in [5, 5.41) is 12.1. The number of benzene rings is 2. The standard InChI is InChI=1S/C27H29N3O5/c1-26(2,3)35-25(33)28-16-20(19-11-7-8-12-22(19)28)21-17-30(34)24(32)27(21)14-13-23(31)29(27)15-18-9-5-4-6-10-18/h4-12,16,21,34H,13-15,17H2,1-3H3/t21-,27+/m0/s1. The smallest absolute Gasteiger partial charge is 0.419 e. The lowest BCUT2D eigenvalue weighted by Gasteiger charge is -2.37. The van der Waals surface area contributed by atoms with Crippen LogP contribution in [0, 0.1) is 0 Å². The molecule has 1 spiro atoms. The van der Waals surface area contributed by atoms with E-state index in [2.05, 4.69) is 0 Å². The molecule has 0 radical (unpaired) electrons. The van der Waals surface area contributed by atoms with E-state index in [1.54, 1.807) is 31.9 Å². The first-order chi connectivity index (χ1) is 16.6. The van der Waals surface area contributed by atoms with Crippen LogP contribution in [-0.2, 0) is 20.9 Å². The minimum Gasteiger partial charge on any atom is -0.443 e. The number of aromatic nitrogens is 1. The number of nitrogens with zero attached hydrogens (tertiary/aromatic N) is 3. The maximum Gasteiger partial charge on any atom is 0.419 e. The van der Waals surface area contributed by atoms with E-state index in [1.807, 2.05) is 54.6 Å². The number of fused-ring (bicyclic) bond motifs is 1. The molecule has 2 atom stereocenters. The molecule has 8 nitrogen and oxygen atoms in total. The lowest BCUT2D eigenvalue weighted by atomic mass is 9.79. The van der Waals surface area contributed by atoms with Gasteiger partial charge in [0.15, 0.2) is 0 Å². The molecular formula is C27H29N3O5. The van der Waals surface area contributed by atoms with E-state index in [1.165, 1.54) is 4.57 Å². The molecule has 5 rings (SSSR count). The second-order valence-electron chi connectivity index (χ2n) is 10.3. The van der Waals surface area contributed by atoms with Crippen molar-refractivity contribution < 1.29 is 24.3 Å². The molecule has 35 heavy (non-hydrogen) atoms. The van der Waals surface area contributed by atoms with E-state index >= 15 is 0 Å². The van der Waals surface area contributed by atoms with Gasteiger partial charge in [0.1, 0.15) is 11.1 Å². The number of likely N-dealkylation sites (tertiary alicyclic amines) is 1. The molecule has 3 heterocycles. The molecule has 1 aromatic heterocycles. The zero-order chi connectivity index (χ0) is 25.0. The molecular weight excluding hydrogens is 446 g/mol. The maximum absolute atomic E-state index is 13.5. The minimum atomic E-state index is -1.23. The number of hydrogen-bond donors (Lipinski definition) is 1. The van der Waals surface area contributed by atoms with Crippen LogP contribution in [0.15, 0.2) is 60.8 Å². The normalized spacial score (nSPS) is 22.6. The number of carbonyl (C=O) groups is 3. The fraction of sp³-hybridized carbons (Fsp3) is 0.370. The summed E-state index contributed by atoms with van der Waals surface area (Å²) < 4.78 is 7.07. The summed E-state index contributed by atoms with van der Waals surface area (Å²) in [4.78, 5) is 41.3. The van der Waals surface area contributed by atoms with E-state index in [-0.39, 0.29) is 25.4 Å². The van der Waals surface area contributed by atoms with Crippen molar-refractivity contribution in [3.05, 3.63) is 71.9 Å². The van der Waals surface area contributed by atoms with E-state index in [9.17, 15) is 19.6 Å². The van der Waals surface area contributed by atoms with Crippen LogP contribution in [0.3, 0.4) is 0 Å². The Kier molecular flexibility index (Phi) is 5.44. The summed E-state index contributed by atoms with van der Waals surface area (Å²) in [6, 6.07) is 16.9. The molecule has 2 aromatic carbocycles. The van der Waals surface area contributed by atoms with Crippen LogP contribution in [0.5, 0.6) is 0 Å². The van der Waals surface area contributed by atoms with Crippen molar-refractivity contribution >= 4 is 28.8 Å². The Morgan fingerprint density at radius 1 is 1.09 bits per heavy atom. The van der Waals surface area contributed by atoms with Crippen LogP contribution in [0.4, 0.5) is 4.79 Å². The predicted molar refractivity (Wildman–Crippen MR) is 129 cm³/mol. The second kappa shape index (κ2) is 8.23. The monoisotopic (exact) mass is 475 g/mol. The molecule has 8 heteroatoms. The van der Waals surface area contributed by atoms with Gasteiger partial charge in [-0.3, -0.25) is 19.4 Å². The number of carbonyl (C=O) groups excluding carboxylic acids is 3. The highest BCUT2D eigenvalue weighted by atomic mass is 16.6. The number of amides is 2. The SMILES string of the molecule is CC(C)(C)OC(=O)n1cc([C@@H]2CN(O)C(=O)[C@@]23CCC(=O)N3Cc2ccccc2)c2ccccc21. The summed E-state index contributed by atoms with van der Waals surface area (Å²) in [6.45, 7) is 5.70. The third-order valence-corrected chi connectivity index (χ3v) is 6.93. The van der Waals surface area contributed by atoms with Crippen molar-refractivity contribution in [2.24, 2.45) is 0 Å². The molecule has 0 unspecified atom stereocenters. The van der Waals surface area contributed by atoms with Gasteiger partial charge in [-0.1, -0.05) is 48.5 Å². The average Bonchev–Trinajstić information content (AvgIpc) is 3.43. The van der Waals surface area contributed by atoms with Crippen LogP contribution in [0.2, 0.25) is 0 Å². The molecule has 2 aliphatic rings. The Balaban J connectivity index is 1.63. The fourth-order valence-corrected chi connectivity index (χ4v) is 5.45. The average molecular weight is 476 g/mol. The second-order valence-corrected chi connectivity index (χ2v) is 10.3. The molecule has 2 saturated heterocycles. The van der Waals surface area contributed by atoms with Gasteiger partial charge in [0.25, 0.3) is 5.91 Å². The predicted octanol–water partition coefficient (Wildman–Crippen LogP) is 4.30. The zero-order valence-electron chi connectivity index (χ0n) is 20.1. The van der Waals surface area contributed by atoms with Gasteiger partial charge in [0.05, 0.1) is 12.1 Å². The van der Waals surface area contributed by atoms with E-state index < -0.39 is 29.1 Å². The van der Waals surface area contributed by atoms with Gasteiger partial charge in [0.2, 0.25) is 5.91 Å². The van der Waals surface area contributed by atoms with Crippen molar-refractivity contribution in [2.75, 3.05) is 6.54 Å². The zero-order valence-corrected chi connectivity index (χ0v) is 20.1. The topological polar surface area (TPSA) is 92.1 Å². The van der Waals surface area contributed by atoms with Crippen molar-refractivity contribution in [3.63, 3.8) is 0 Å². The maximum atomic E-state index is 13.5. The van der Waals surface area contributed by atoms with Crippen molar-refractivity contribution in [2.45, 2.75) is 57.2 Å². The van der Waals surface area contributed by atoms with E-state index in [4.69, 9.17) is 4.74 Å². The Hall–Kier alpha value is -3.65. The number of para-hydroxylation sites is 1. The molecule has 2 amide bonds. The van der Waals surface area contributed by atoms with Gasteiger partial charge >= 0.3 is 6.09 Å². The highest BCUT2D eigenvalue weighted by molar-refractivity contribution is 5.99. The van der Waals surface area contributed by atoms with Gasteiger partial charge in [0, 0.05) is 30.5 Å². The van der Waals surface area contributed by atoms with E-state index in [0.717, 1.165) is 21.6 Å². The van der Waals surface area contributed by atoms with Crippen molar-refractivity contribution in [3.8, 4) is 0 Å². The van der Waals surface area contributed by atoms with Crippen LogP contribution in [0.1, 0.15) is 50.7 Å². The van der Waals surface area contributed by atoms with Crippen LogP contribution >= 0.6 is 0 Å². The molecule has 2 fully saturated rings. The fourth-order valence-electron chi connectivity index (χ4n) is 5.45. The summed E-state index contributed by atoms with van der Waals surface area (Å²) in [5.74, 6) is -1.14. The summed E-state index contributed by atoms with van der Waals surface area (Å²) in [6.07, 6.45) is 1.68. The molecule has 0 saturated carbocycles.